The van der Waals surface area contributed by atoms with Crippen molar-refractivity contribution in [2.45, 2.75) is 0 Å². The molecule has 0 amide bonds. The van der Waals surface area contributed by atoms with Crippen LogP contribution in [0.1, 0.15) is 0 Å². The topological polar surface area (TPSA) is 21.7 Å². The van der Waals surface area contributed by atoms with E-state index in [0.29, 0.717) is 0 Å². The minimum atomic E-state index is 0.832. The average Bonchev–Trinajstić information content (AvgIpc) is 2.14. The van der Waals surface area contributed by atoms with Gasteiger partial charge in [-0.05, 0) is 18.4 Å². The van der Waals surface area contributed by atoms with Crippen molar-refractivity contribution < 1.29 is 9.47 Å². The highest BCUT2D eigenvalue weighted by atomic mass is 16.5. The Hall–Kier alpha value is -0.960. The molecule has 12 heavy (non-hydrogen) atoms. The number of morpholine rings is 1. The van der Waals surface area contributed by atoms with E-state index in [0.717, 1.165) is 26.3 Å². The molecule has 68 valence electrons. The number of hydrogen-bond acceptors (Lipinski definition) is 3. The van der Waals surface area contributed by atoms with Crippen molar-refractivity contribution >= 4 is 0 Å². The highest BCUT2D eigenvalue weighted by Gasteiger charge is 2.03. The summed E-state index contributed by atoms with van der Waals surface area (Å²) in [6.07, 6.45) is 7.54. The Morgan fingerprint density at radius 2 is 2.00 bits per heavy atom. The first kappa shape index (κ1) is 9.13. The minimum absolute atomic E-state index is 0.832. The number of rotatable bonds is 3. The van der Waals surface area contributed by atoms with E-state index < -0.39 is 0 Å². The molecule has 0 bridgehead atoms. The van der Waals surface area contributed by atoms with Crippen LogP contribution in [-0.4, -0.2) is 38.3 Å². The Morgan fingerprint density at radius 3 is 2.67 bits per heavy atom. The molecule has 0 aromatic heterocycles. The van der Waals surface area contributed by atoms with Gasteiger partial charge in [-0.3, -0.25) is 0 Å². The normalized spacial score (nSPS) is 19.2. The van der Waals surface area contributed by atoms with Crippen LogP contribution in [0, 0.1) is 0 Å². The van der Waals surface area contributed by atoms with E-state index in [2.05, 4.69) is 11.1 Å². The van der Waals surface area contributed by atoms with Gasteiger partial charge in [0.2, 0.25) is 0 Å². The van der Waals surface area contributed by atoms with Gasteiger partial charge >= 0.3 is 0 Å². The maximum atomic E-state index is 5.21. The molecule has 0 aromatic carbocycles. The molecule has 0 aliphatic carbocycles. The third-order valence-electron chi connectivity index (χ3n) is 1.67. The van der Waals surface area contributed by atoms with Crippen molar-refractivity contribution in [3.8, 4) is 0 Å². The van der Waals surface area contributed by atoms with Crippen molar-refractivity contribution in [1.82, 2.24) is 4.90 Å². The van der Waals surface area contributed by atoms with Crippen LogP contribution in [0.5, 0.6) is 0 Å². The van der Waals surface area contributed by atoms with Gasteiger partial charge in [-0.15, -0.1) is 0 Å². The maximum absolute atomic E-state index is 5.21. The Morgan fingerprint density at radius 1 is 1.25 bits per heavy atom. The van der Waals surface area contributed by atoms with Gasteiger partial charge in [0.05, 0.1) is 26.6 Å². The fourth-order valence-corrected chi connectivity index (χ4v) is 1.02. The second-order valence-electron chi connectivity index (χ2n) is 2.55. The van der Waals surface area contributed by atoms with Gasteiger partial charge in [0.15, 0.2) is 0 Å². The average molecular weight is 169 g/mol. The molecule has 0 aromatic rings. The Balaban J connectivity index is 2.19. The second-order valence-corrected chi connectivity index (χ2v) is 2.55. The van der Waals surface area contributed by atoms with Crippen molar-refractivity contribution in [1.29, 1.82) is 0 Å². The monoisotopic (exact) mass is 169 g/mol. The van der Waals surface area contributed by atoms with Crippen LogP contribution in [-0.2, 0) is 9.47 Å². The number of methoxy groups -OCH3 is 1. The highest BCUT2D eigenvalue weighted by molar-refractivity contribution is 4.99. The summed E-state index contributed by atoms with van der Waals surface area (Å²) in [5.41, 5.74) is 0. The number of nitrogens with zero attached hydrogens (tertiary/aromatic N) is 1. The molecule has 3 heteroatoms. The van der Waals surface area contributed by atoms with Gasteiger partial charge in [-0.1, -0.05) is 0 Å². The van der Waals surface area contributed by atoms with E-state index in [1.807, 2.05) is 12.2 Å². The Labute approximate surface area is 73.3 Å². The van der Waals surface area contributed by atoms with Crippen LogP contribution < -0.4 is 0 Å². The lowest BCUT2D eigenvalue weighted by atomic mass is 10.4. The summed E-state index contributed by atoms with van der Waals surface area (Å²) in [6.45, 7) is 3.63. The molecule has 1 fully saturated rings. The molecule has 3 nitrogen and oxygen atoms in total. The van der Waals surface area contributed by atoms with Crippen molar-refractivity contribution in [3.05, 3.63) is 24.6 Å². The second kappa shape index (κ2) is 5.66. The highest BCUT2D eigenvalue weighted by Crippen LogP contribution is 1.96. The third-order valence-corrected chi connectivity index (χ3v) is 1.67. The van der Waals surface area contributed by atoms with Gasteiger partial charge in [-0.2, -0.15) is 0 Å². The first-order chi connectivity index (χ1) is 5.93. The van der Waals surface area contributed by atoms with Gasteiger partial charge < -0.3 is 14.4 Å². The summed E-state index contributed by atoms with van der Waals surface area (Å²) in [7, 11) is 1.64. The largest absolute Gasteiger partial charge is 0.504 e. The molecule has 0 saturated carbocycles. The first-order valence-corrected chi connectivity index (χ1v) is 4.11. The van der Waals surface area contributed by atoms with Crippen LogP contribution in [0.4, 0.5) is 0 Å². The van der Waals surface area contributed by atoms with Crippen molar-refractivity contribution in [2.24, 2.45) is 0 Å². The molecule has 0 unspecified atom stereocenters. The SMILES string of the molecule is CO/C=C\C=C\N1CCOCC1. The fourth-order valence-electron chi connectivity index (χ4n) is 1.02. The van der Waals surface area contributed by atoms with E-state index in [1.54, 1.807) is 13.4 Å². The van der Waals surface area contributed by atoms with E-state index in [4.69, 9.17) is 9.47 Å². The predicted molar refractivity (Wildman–Crippen MR) is 47.7 cm³/mol. The van der Waals surface area contributed by atoms with Crippen molar-refractivity contribution in [3.63, 3.8) is 0 Å². The number of allylic oxidation sites excluding steroid dienone is 2. The van der Waals surface area contributed by atoms with E-state index in [1.165, 1.54) is 0 Å². The molecule has 0 N–H and O–H groups in total. The van der Waals surface area contributed by atoms with Crippen LogP contribution in [0.25, 0.3) is 0 Å². The zero-order valence-electron chi connectivity index (χ0n) is 7.40. The zero-order chi connectivity index (χ0) is 8.65. The minimum Gasteiger partial charge on any atom is -0.504 e. The Kier molecular flexibility index (Phi) is 4.31. The van der Waals surface area contributed by atoms with E-state index in [-0.39, 0.29) is 0 Å². The van der Waals surface area contributed by atoms with Gasteiger partial charge in [0, 0.05) is 13.1 Å². The predicted octanol–water partition coefficient (Wildman–Crippen LogP) is 0.992. The standard InChI is InChI=1S/C9H15NO2/c1-11-7-3-2-4-10-5-8-12-9-6-10/h2-4,7H,5-6,8-9H2,1H3/b4-2+,7-3-. The quantitative estimate of drug-likeness (QED) is 0.464. The van der Waals surface area contributed by atoms with E-state index >= 15 is 0 Å². The van der Waals surface area contributed by atoms with E-state index in [9.17, 15) is 0 Å². The third kappa shape index (κ3) is 3.44. The zero-order valence-corrected chi connectivity index (χ0v) is 7.40. The van der Waals surface area contributed by atoms with Crippen LogP contribution in [0.3, 0.4) is 0 Å². The number of hydrogen-bond donors (Lipinski definition) is 0. The molecule has 1 saturated heterocycles. The summed E-state index contributed by atoms with van der Waals surface area (Å²) in [4.78, 5) is 2.23. The van der Waals surface area contributed by atoms with Crippen molar-refractivity contribution in [2.75, 3.05) is 33.4 Å². The van der Waals surface area contributed by atoms with Crippen LogP contribution in [0.2, 0.25) is 0 Å². The van der Waals surface area contributed by atoms with Gasteiger partial charge in [0.1, 0.15) is 0 Å². The number of ether oxygens (including phenoxy) is 2. The fraction of sp³-hybridized carbons (Fsp3) is 0.556. The lowest BCUT2D eigenvalue weighted by molar-refractivity contribution is 0.0594. The summed E-state index contributed by atoms with van der Waals surface area (Å²) in [5.74, 6) is 0. The molecule has 1 heterocycles. The Bertz CT molecular complexity index is 160. The maximum Gasteiger partial charge on any atom is 0.0825 e. The molecule has 0 spiro atoms. The smallest absolute Gasteiger partial charge is 0.0825 e. The van der Waals surface area contributed by atoms with Crippen LogP contribution in [0.15, 0.2) is 24.6 Å². The lowest BCUT2D eigenvalue weighted by Gasteiger charge is -2.24. The van der Waals surface area contributed by atoms with Crippen LogP contribution >= 0.6 is 0 Å². The molecule has 1 aliphatic heterocycles. The molecule has 1 aliphatic rings. The molecule has 1 rings (SSSR count). The summed E-state index contributed by atoms with van der Waals surface area (Å²) < 4.78 is 9.97. The van der Waals surface area contributed by atoms with Gasteiger partial charge in [0.25, 0.3) is 0 Å². The molecular weight excluding hydrogens is 154 g/mol. The lowest BCUT2D eigenvalue weighted by Crippen LogP contribution is -2.31. The van der Waals surface area contributed by atoms with Gasteiger partial charge in [-0.25, -0.2) is 0 Å². The molecule has 0 atom stereocenters. The molecular formula is C9H15NO2. The molecule has 0 radical (unpaired) electrons. The summed E-state index contributed by atoms with van der Waals surface area (Å²) >= 11 is 0. The first-order valence-electron chi connectivity index (χ1n) is 4.11. The summed E-state index contributed by atoms with van der Waals surface area (Å²) in [6, 6.07) is 0. The summed E-state index contributed by atoms with van der Waals surface area (Å²) in [5, 5.41) is 0.